The summed E-state index contributed by atoms with van der Waals surface area (Å²) in [5.41, 5.74) is 3.42. The molecule has 0 saturated carbocycles. The van der Waals surface area contributed by atoms with Gasteiger partial charge in [-0.05, 0) is 66.7 Å². The number of aromatic nitrogens is 4. The van der Waals surface area contributed by atoms with Crippen LogP contribution in [-0.2, 0) is 7.05 Å². The topological polar surface area (TPSA) is 81.8 Å². The molecule has 0 saturated heterocycles. The molecule has 0 atom stereocenters. The molecule has 0 unspecified atom stereocenters. The van der Waals surface area contributed by atoms with Crippen LogP contribution in [0, 0.1) is 5.82 Å². The minimum atomic E-state index is -0.471. The van der Waals surface area contributed by atoms with E-state index in [9.17, 15) is 14.0 Å². The summed E-state index contributed by atoms with van der Waals surface area (Å²) in [4.78, 5) is 29.6. The molecule has 0 aliphatic carbocycles. The fourth-order valence-corrected chi connectivity index (χ4v) is 3.60. The molecule has 0 aliphatic rings. The molecule has 1 amide bonds. The third-order valence-corrected chi connectivity index (χ3v) is 5.29. The summed E-state index contributed by atoms with van der Waals surface area (Å²) in [5, 5.41) is 6.91. The first-order chi connectivity index (χ1) is 16.0. The predicted molar refractivity (Wildman–Crippen MR) is 124 cm³/mol. The number of imidazole rings is 1. The zero-order chi connectivity index (χ0) is 22.9. The van der Waals surface area contributed by atoms with Gasteiger partial charge < -0.3 is 9.88 Å². The summed E-state index contributed by atoms with van der Waals surface area (Å²) in [6, 6.07) is 23.1. The van der Waals surface area contributed by atoms with Gasteiger partial charge in [-0.2, -0.15) is 9.78 Å². The van der Waals surface area contributed by atoms with E-state index in [4.69, 9.17) is 0 Å². The van der Waals surface area contributed by atoms with Crippen molar-refractivity contribution in [1.29, 1.82) is 0 Å². The summed E-state index contributed by atoms with van der Waals surface area (Å²) in [5.74, 6) is -0.0776. The molecule has 0 fully saturated rings. The van der Waals surface area contributed by atoms with Crippen molar-refractivity contribution < 1.29 is 9.18 Å². The highest BCUT2D eigenvalue weighted by Crippen LogP contribution is 2.24. The Balaban J connectivity index is 1.38. The zero-order valence-corrected chi connectivity index (χ0v) is 17.6. The van der Waals surface area contributed by atoms with Crippen LogP contribution in [0.3, 0.4) is 0 Å². The van der Waals surface area contributed by atoms with Crippen molar-refractivity contribution in [2.75, 3.05) is 5.32 Å². The maximum Gasteiger partial charge on any atom is 0.276 e. The van der Waals surface area contributed by atoms with Gasteiger partial charge in [-0.3, -0.25) is 9.59 Å². The number of para-hydroxylation sites is 2. The Hall–Kier alpha value is -4.59. The van der Waals surface area contributed by atoms with Crippen LogP contribution in [0.5, 0.6) is 0 Å². The van der Waals surface area contributed by atoms with Crippen LogP contribution in [0.4, 0.5) is 10.1 Å². The van der Waals surface area contributed by atoms with Crippen LogP contribution in [0.25, 0.3) is 28.1 Å². The van der Waals surface area contributed by atoms with Crippen LogP contribution in [-0.4, -0.2) is 25.2 Å². The standard InChI is InChI=1S/C25H18FN5O2/c1-30-22-5-3-2-4-20(22)28-24(30)16-6-10-18(11-7-16)27-25(33)21-14-15-23(32)31(29-21)19-12-8-17(26)9-13-19/h2-15H,1H3,(H,27,33). The highest BCUT2D eigenvalue weighted by atomic mass is 19.1. The SMILES string of the molecule is Cn1c(-c2ccc(NC(=O)c3ccc(=O)n(-c4ccc(F)cc4)n3)cc2)nc2ccccc21. The molecule has 0 radical (unpaired) electrons. The van der Waals surface area contributed by atoms with Crippen molar-refractivity contribution in [3.05, 3.63) is 107 Å². The van der Waals surface area contributed by atoms with Crippen molar-refractivity contribution in [2.24, 2.45) is 7.05 Å². The molecule has 2 heterocycles. The molecule has 3 aromatic carbocycles. The van der Waals surface area contributed by atoms with E-state index in [-0.39, 0.29) is 5.69 Å². The number of carbonyl (C=O) groups is 1. The number of rotatable bonds is 4. The summed E-state index contributed by atoms with van der Waals surface area (Å²) in [7, 11) is 1.96. The predicted octanol–water partition coefficient (Wildman–Crippen LogP) is 4.18. The number of nitrogens with one attached hydrogen (secondary N) is 1. The van der Waals surface area contributed by atoms with Crippen molar-refractivity contribution in [3.8, 4) is 17.1 Å². The highest BCUT2D eigenvalue weighted by molar-refractivity contribution is 6.02. The van der Waals surface area contributed by atoms with Gasteiger partial charge in [0.05, 0.1) is 16.7 Å². The van der Waals surface area contributed by atoms with Crippen LogP contribution >= 0.6 is 0 Å². The van der Waals surface area contributed by atoms with Gasteiger partial charge in [0.2, 0.25) is 0 Å². The minimum absolute atomic E-state index is 0.0540. The fraction of sp³-hybridized carbons (Fsp3) is 0.0400. The van der Waals surface area contributed by atoms with Crippen molar-refractivity contribution in [3.63, 3.8) is 0 Å². The van der Waals surface area contributed by atoms with Gasteiger partial charge in [-0.15, -0.1) is 0 Å². The third-order valence-electron chi connectivity index (χ3n) is 5.29. The highest BCUT2D eigenvalue weighted by Gasteiger charge is 2.13. The van der Waals surface area contributed by atoms with E-state index < -0.39 is 17.3 Å². The molecule has 2 aromatic heterocycles. The lowest BCUT2D eigenvalue weighted by Gasteiger charge is -2.09. The van der Waals surface area contributed by atoms with E-state index in [1.54, 1.807) is 12.1 Å². The molecule has 7 nitrogen and oxygen atoms in total. The van der Waals surface area contributed by atoms with Crippen molar-refractivity contribution in [1.82, 2.24) is 19.3 Å². The monoisotopic (exact) mass is 439 g/mol. The maximum atomic E-state index is 13.2. The smallest absolute Gasteiger partial charge is 0.276 e. The minimum Gasteiger partial charge on any atom is -0.327 e. The lowest BCUT2D eigenvalue weighted by Crippen LogP contribution is -2.24. The Kier molecular flexibility index (Phi) is 5.02. The molecule has 5 rings (SSSR count). The third kappa shape index (κ3) is 3.89. The molecule has 5 aromatic rings. The summed E-state index contributed by atoms with van der Waals surface area (Å²) < 4.78 is 16.3. The number of amides is 1. The van der Waals surface area contributed by atoms with E-state index in [1.165, 1.54) is 36.4 Å². The Labute approximate surface area is 187 Å². The van der Waals surface area contributed by atoms with Crippen LogP contribution in [0.15, 0.2) is 89.7 Å². The average molecular weight is 439 g/mol. The number of anilines is 1. The number of hydrogen-bond donors (Lipinski definition) is 1. The Bertz CT molecular complexity index is 1540. The lowest BCUT2D eigenvalue weighted by molar-refractivity contribution is 0.102. The van der Waals surface area contributed by atoms with Gasteiger partial charge in [-0.25, -0.2) is 9.37 Å². The van der Waals surface area contributed by atoms with Gasteiger partial charge in [0.15, 0.2) is 0 Å². The second-order valence-corrected chi connectivity index (χ2v) is 7.46. The van der Waals surface area contributed by atoms with Gasteiger partial charge in [0, 0.05) is 24.4 Å². The number of carbonyl (C=O) groups excluding carboxylic acids is 1. The number of fused-ring (bicyclic) bond motifs is 1. The normalized spacial score (nSPS) is 11.0. The van der Waals surface area contributed by atoms with E-state index in [0.717, 1.165) is 27.1 Å². The molecule has 0 aliphatic heterocycles. The van der Waals surface area contributed by atoms with Crippen molar-refractivity contribution in [2.45, 2.75) is 0 Å². The van der Waals surface area contributed by atoms with Gasteiger partial charge in [-0.1, -0.05) is 12.1 Å². The van der Waals surface area contributed by atoms with Crippen LogP contribution in [0.2, 0.25) is 0 Å². The number of hydrogen-bond acceptors (Lipinski definition) is 4. The quantitative estimate of drug-likeness (QED) is 0.456. The largest absolute Gasteiger partial charge is 0.327 e. The molecule has 0 bridgehead atoms. The van der Waals surface area contributed by atoms with E-state index >= 15 is 0 Å². The van der Waals surface area contributed by atoms with E-state index in [2.05, 4.69) is 15.4 Å². The lowest BCUT2D eigenvalue weighted by atomic mass is 10.2. The first-order valence-corrected chi connectivity index (χ1v) is 10.2. The molecule has 8 heteroatoms. The van der Waals surface area contributed by atoms with Crippen molar-refractivity contribution >= 4 is 22.6 Å². The van der Waals surface area contributed by atoms with E-state index in [0.29, 0.717) is 11.4 Å². The fourth-order valence-electron chi connectivity index (χ4n) is 3.60. The number of aryl methyl sites for hydroxylation is 1. The first kappa shape index (κ1) is 20.3. The summed E-state index contributed by atoms with van der Waals surface area (Å²) >= 11 is 0. The zero-order valence-electron chi connectivity index (χ0n) is 17.6. The molecule has 0 spiro atoms. The van der Waals surface area contributed by atoms with Crippen LogP contribution < -0.4 is 10.9 Å². The second kappa shape index (κ2) is 8.16. The molecule has 162 valence electrons. The van der Waals surface area contributed by atoms with Gasteiger partial charge >= 0.3 is 0 Å². The number of benzene rings is 3. The second-order valence-electron chi connectivity index (χ2n) is 7.46. The Morgan fingerprint density at radius 3 is 2.36 bits per heavy atom. The Morgan fingerprint density at radius 2 is 1.64 bits per heavy atom. The summed E-state index contributed by atoms with van der Waals surface area (Å²) in [6.45, 7) is 0. The average Bonchev–Trinajstić information content (AvgIpc) is 3.17. The number of halogens is 1. The first-order valence-electron chi connectivity index (χ1n) is 10.2. The van der Waals surface area contributed by atoms with Crippen LogP contribution in [0.1, 0.15) is 10.5 Å². The molecule has 33 heavy (non-hydrogen) atoms. The maximum absolute atomic E-state index is 13.2. The molecule has 1 N–H and O–H groups in total. The van der Waals surface area contributed by atoms with Gasteiger partial charge in [0.25, 0.3) is 11.5 Å². The molecular formula is C25H18FN5O2. The Morgan fingerprint density at radius 1 is 0.909 bits per heavy atom. The molecular weight excluding hydrogens is 421 g/mol. The number of nitrogens with zero attached hydrogens (tertiary/aromatic N) is 4. The van der Waals surface area contributed by atoms with Gasteiger partial charge in [0.1, 0.15) is 17.3 Å². The summed E-state index contributed by atoms with van der Waals surface area (Å²) in [6.07, 6.45) is 0. The van der Waals surface area contributed by atoms with E-state index in [1.807, 2.05) is 48.0 Å².